The molecule has 2 heterocycles. The number of aryl methyl sites for hydroxylation is 2. The molecule has 0 saturated heterocycles. The first kappa shape index (κ1) is 14.9. The van der Waals surface area contributed by atoms with Crippen molar-refractivity contribution in [3.63, 3.8) is 0 Å². The Bertz CT molecular complexity index is 655. The van der Waals surface area contributed by atoms with Crippen LogP contribution < -0.4 is 5.32 Å². The molecule has 0 saturated carbocycles. The van der Waals surface area contributed by atoms with Crippen LogP contribution >= 0.6 is 0 Å². The molecule has 0 spiro atoms. The molecule has 21 heavy (non-hydrogen) atoms. The summed E-state index contributed by atoms with van der Waals surface area (Å²) in [5.41, 5.74) is 2.00. The highest BCUT2D eigenvalue weighted by atomic mass is 16.5. The van der Waals surface area contributed by atoms with Crippen LogP contribution in [0.1, 0.15) is 40.4 Å². The smallest absolute Gasteiger partial charge is 0.342 e. The predicted octanol–water partition coefficient (Wildman–Crippen LogP) is 2.57. The summed E-state index contributed by atoms with van der Waals surface area (Å²) >= 11 is 0. The number of hydrogen-bond acceptors (Lipinski definition) is 3. The summed E-state index contributed by atoms with van der Waals surface area (Å²) in [4.78, 5) is 27.2. The van der Waals surface area contributed by atoms with E-state index in [1.54, 1.807) is 26.1 Å². The van der Waals surface area contributed by atoms with Gasteiger partial charge in [0.2, 0.25) is 0 Å². The molecule has 0 aliphatic carbocycles. The number of H-pyrrole nitrogens is 1. The Morgan fingerprint density at radius 3 is 2.81 bits per heavy atom. The van der Waals surface area contributed by atoms with Crippen molar-refractivity contribution >= 4 is 17.6 Å². The van der Waals surface area contributed by atoms with E-state index in [1.165, 1.54) is 0 Å². The largest absolute Gasteiger partial charge is 0.462 e. The van der Waals surface area contributed by atoms with Crippen molar-refractivity contribution in [2.45, 2.75) is 27.3 Å². The number of anilines is 1. The van der Waals surface area contributed by atoms with E-state index < -0.39 is 5.97 Å². The molecule has 1 amide bonds. The van der Waals surface area contributed by atoms with Gasteiger partial charge in [0.25, 0.3) is 5.91 Å². The number of esters is 1. The second kappa shape index (κ2) is 6.30. The number of ether oxygens (including phenoxy) is 1. The minimum atomic E-state index is -0.447. The number of nitrogens with zero attached hydrogens (tertiary/aromatic N) is 1. The molecule has 0 aliphatic rings. The molecule has 2 aromatic rings. The summed E-state index contributed by atoms with van der Waals surface area (Å²) < 4.78 is 6.84. The minimum Gasteiger partial charge on any atom is -0.462 e. The normalized spacial score (nSPS) is 10.4. The summed E-state index contributed by atoms with van der Waals surface area (Å²) in [6.45, 7) is 6.45. The van der Waals surface area contributed by atoms with Gasteiger partial charge in [-0.05, 0) is 32.9 Å². The van der Waals surface area contributed by atoms with E-state index in [0.29, 0.717) is 29.2 Å². The molecule has 0 aliphatic heterocycles. The molecule has 0 bridgehead atoms. The van der Waals surface area contributed by atoms with E-state index in [1.807, 2.05) is 23.8 Å². The van der Waals surface area contributed by atoms with Crippen LogP contribution in [0.15, 0.2) is 24.5 Å². The number of carbonyl (C=O) groups is 2. The van der Waals surface area contributed by atoms with Gasteiger partial charge in [-0.2, -0.15) is 0 Å². The summed E-state index contributed by atoms with van der Waals surface area (Å²) in [5, 5.41) is 2.76. The van der Waals surface area contributed by atoms with Gasteiger partial charge >= 0.3 is 5.97 Å². The summed E-state index contributed by atoms with van der Waals surface area (Å²) in [6, 6.07) is 3.55. The Kier molecular flexibility index (Phi) is 4.47. The zero-order chi connectivity index (χ0) is 15.4. The average molecular weight is 289 g/mol. The number of hydrogen-bond donors (Lipinski definition) is 2. The van der Waals surface area contributed by atoms with Crippen LogP contribution in [0.4, 0.5) is 5.69 Å². The summed E-state index contributed by atoms with van der Waals surface area (Å²) in [6.07, 6.45) is 3.43. The van der Waals surface area contributed by atoms with E-state index >= 15 is 0 Å². The lowest BCUT2D eigenvalue weighted by molar-refractivity contribution is 0.0527. The Morgan fingerprint density at radius 2 is 2.14 bits per heavy atom. The van der Waals surface area contributed by atoms with Crippen molar-refractivity contribution in [2.75, 3.05) is 11.9 Å². The van der Waals surface area contributed by atoms with Gasteiger partial charge in [0.1, 0.15) is 11.3 Å². The lowest BCUT2D eigenvalue weighted by atomic mass is 10.2. The van der Waals surface area contributed by atoms with Gasteiger partial charge in [-0.1, -0.05) is 0 Å². The van der Waals surface area contributed by atoms with Crippen LogP contribution in [0.25, 0.3) is 0 Å². The lowest BCUT2D eigenvalue weighted by Crippen LogP contribution is -2.18. The quantitative estimate of drug-likeness (QED) is 0.831. The van der Waals surface area contributed by atoms with Gasteiger partial charge in [-0.15, -0.1) is 0 Å². The van der Waals surface area contributed by atoms with E-state index in [2.05, 4.69) is 10.3 Å². The maximum absolute atomic E-state index is 12.3. The van der Waals surface area contributed by atoms with Gasteiger partial charge in [0.05, 0.1) is 12.3 Å². The first-order valence-corrected chi connectivity index (χ1v) is 6.90. The SMILES string of the molecule is CCOC(=O)c1c(NC(=O)c2cccn2CC)c[nH]c1C. The van der Waals surface area contributed by atoms with Crippen molar-refractivity contribution in [1.29, 1.82) is 0 Å². The number of amides is 1. The van der Waals surface area contributed by atoms with Gasteiger partial charge in [0, 0.05) is 24.6 Å². The minimum absolute atomic E-state index is 0.258. The molecular formula is C15H19N3O3. The van der Waals surface area contributed by atoms with E-state index in [-0.39, 0.29) is 12.5 Å². The van der Waals surface area contributed by atoms with Crippen molar-refractivity contribution in [3.8, 4) is 0 Å². The van der Waals surface area contributed by atoms with Crippen molar-refractivity contribution in [1.82, 2.24) is 9.55 Å². The fraction of sp³-hybridized carbons (Fsp3) is 0.333. The Labute approximate surface area is 123 Å². The van der Waals surface area contributed by atoms with Crippen LogP contribution in [-0.2, 0) is 11.3 Å². The Balaban J connectivity index is 2.24. The Hall–Kier alpha value is -2.50. The van der Waals surface area contributed by atoms with Crippen LogP contribution in [0, 0.1) is 6.92 Å². The second-order valence-electron chi connectivity index (χ2n) is 4.56. The summed E-state index contributed by atoms with van der Waals surface area (Å²) in [7, 11) is 0. The third kappa shape index (κ3) is 2.99. The van der Waals surface area contributed by atoms with E-state index in [0.717, 1.165) is 0 Å². The predicted molar refractivity (Wildman–Crippen MR) is 79.5 cm³/mol. The number of rotatable bonds is 5. The van der Waals surface area contributed by atoms with Crippen LogP contribution in [0.5, 0.6) is 0 Å². The molecule has 0 atom stereocenters. The van der Waals surface area contributed by atoms with Crippen molar-refractivity contribution in [3.05, 3.63) is 41.5 Å². The first-order chi connectivity index (χ1) is 10.1. The average Bonchev–Trinajstić information content (AvgIpc) is 3.05. The van der Waals surface area contributed by atoms with Gasteiger partial charge in [0.15, 0.2) is 0 Å². The highest BCUT2D eigenvalue weighted by Crippen LogP contribution is 2.21. The zero-order valence-electron chi connectivity index (χ0n) is 12.4. The molecule has 2 rings (SSSR count). The van der Waals surface area contributed by atoms with E-state index in [4.69, 9.17) is 4.74 Å². The highest BCUT2D eigenvalue weighted by molar-refractivity contribution is 6.07. The number of aromatic nitrogens is 2. The third-order valence-electron chi connectivity index (χ3n) is 3.21. The molecule has 0 radical (unpaired) electrons. The molecule has 0 unspecified atom stereocenters. The van der Waals surface area contributed by atoms with Gasteiger partial charge in [-0.3, -0.25) is 4.79 Å². The summed E-state index contributed by atoms with van der Waals surface area (Å²) in [5.74, 6) is -0.705. The topological polar surface area (TPSA) is 76.1 Å². The van der Waals surface area contributed by atoms with Crippen molar-refractivity contribution < 1.29 is 14.3 Å². The van der Waals surface area contributed by atoms with Crippen LogP contribution in [0.3, 0.4) is 0 Å². The van der Waals surface area contributed by atoms with Crippen molar-refractivity contribution in [2.24, 2.45) is 0 Å². The molecular weight excluding hydrogens is 270 g/mol. The standard InChI is InChI=1S/C15H19N3O3/c1-4-18-8-6-7-12(18)14(19)17-11-9-16-10(3)13(11)15(20)21-5-2/h6-9,16H,4-5H2,1-3H3,(H,17,19). The fourth-order valence-electron chi connectivity index (χ4n) is 2.17. The van der Waals surface area contributed by atoms with Crippen LogP contribution in [-0.4, -0.2) is 28.0 Å². The third-order valence-corrected chi connectivity index (χ3v) is 3.21. The lowest BCUT2D eigenvalue weighted by Gasteiger charge is -2.09. The molecule has 112 valence electrons. The number of nitrogens with one attached hydrogen (secondary N) is 2. The first-order valence-electron chi connectivity index (χ1n) is 6.90. The maximum Gasteiger partial charge on any atom is 0.342 e. The van der Waals surface area contributed by atoms with Crippen LogP contribution in [0.2, 0.25) is 0 Å². The second-order valence-corrected chi connectivity index (χ2v) is 4.56. The molecule has 6 nitrogen and oxygen atoms in total. The molecule has 6 heteroatoms. The highest BCUT2D eigenvalue weighted by Gasteiger charge is 2.20. The number of aromatic amines is 1. The fourth-order valence-corrected chi connectivity index (χ4v) is 2.17. The molecule has 2 N–H and O–H groups in total. The molecule has 0 fully saturated rings. The van der Waals surface area contributed by atoms with Gasteiger partial charge < -0.3 is 19.6 Å². The molecule has 2 aromatic heterocycles. The van der Waals surface area contributed by atoms with E-state index in [9.17, 15) is 9.59 Å². The van der Waals surface area contributed by atoms with Gasteiger partial charge in [-0.25, -0.2) is 4.79 Å². The molecule has 0 aromatic carbocycles. The monoisotopic (exact) mass is 289 g/mol. The Morgan fingerprint density at radius 1 is 1.38 bits per heavy atom. The maximum atomic E-state index is 12.3. The zero-order valence-corrected chi connectivity index (χ0v) is 12.4. The number of carbonyl (C=O) groups excluding carboxylic acids is 2.